The van der Waals surface area contributed by atoms with Crippen LogP contribution in [0.3, 0.4) is 0 Å². The van der Waals surface area contributed by atoms with Crippen molar-refractivity contribution < 1.29 is 4.79 Å². The fraction of sp³-hybridized carbons (Fsp3) is 0.600. The fourth-order valence-corrected chi connectivity index (χ4v) is 2.97. The first-order valence-corrected chi connectivity index (χ1v) is 7.63. The van der Waals surface area contributed by atoms with Crippen LogP contribution in [0, 0.1) is 11.8 Å². The molecule has 1 fully saturated rings. The lowest BCUT2D eigenvalue weighted by Gasteiger charge is -2.26. The molecular formula is C15H22ClN3O. The van der Waals surface area contributed by atoms with E-state index >= 15 is 0 Å². The van der Waals surface area contributed by atoms with Gasteiger partial charge in [0.1, 0.15) is 11.0 Å². The van der Waals surface area contributed by atoms with Crippen LogP contribution < -0.4 is 11.1 Å². The summed E-state index contributed by atoms with van der Waals surface area (Å²) in [5, 5.41) is 3.18. The molecule has 1 amide bonds. The molecule has 5 heteroatoms. The van der Waals surface area contributed by atoms with E-state index in [9.17, 15) is 4.79 Å². The number of hydrogen-bond donors (Lipinski definition) is 2. The van der Waals surface area contributed by atoms with Gasteiger partial charge in [0, 0.05) is 12.1 Å². The predicted octanol–water partition coefficient (Wildman–Crippen LogP) is 3.26. The molecule has 0 bridgehead atoms. The summed E-state index contributed by atoms with van der Waals surface area (Å²) in [5.74, 6) is 1.74. The SMILES string of the molecule is CC1CCC(CCNC(=O)c2cc(N)nc(Cl)c2)CC1. The van der Waals surface area contributed by atoms with Gasteiger partial charge in [0.05, 0.1) is 0 Å². The predicted molar refractivity (Wildman–Crippen MR) is 81.7 cm³/mol. The summed E-state index contributed by atoms with van der Waals surface area (Å²) in [7, 11) is 0. The van der Waals surface area contributed by atoms with E-state index in [1.807, 2.05) is 0 Å². The van der Waals surface area contributed by atoms with Gasteiger partial charge >= 0.3 is 0 Å². The van der Waals surface area contributed by atoms with E-state index in [-0.39, 0.29) is 16.9 Å². The van der Waals surface area contributed by atoms with Crippen molar-refractivity contribution in [3.8, 4) is 0 Å². The fourth-order valence-electron chi connectivity index (χ4n) is 2.76. The number of nitrogens with two attached hydrogens (primary N) is 1. The second kappa shape index (κ2) is 6.93. The second-order valence-electron chi connectivity index (χ2n) is 5.77. The maximum absolute atomic E-state index is 12.0. The summed E-state index contributed by atoms with van der Waals surface area (Å²) in [6, 6.07) is 3.08. The third kappa shape index (κ3) is 4.37. The standard InChI is InChI=1S/C15H22ClN3O/c1-10-2-4-11(5-3-10)6-7-18-15(20)12-8-13(16)19-14(17)9-12/h8-11H,2-7H2,1H3,(H2,17,19)(H,18,20). The smallest absolute Gasteiger partial charge is 0.251 e. The number of nitrogens with zero attached hydrogens (tertiary/aromatic N) is 1. The van der Waals surface area contributed by atoms with Crippen LogP contribution in [-0.2, 0) is 0 Å². The van der Waals surface area contributed by atoms with Gasteiger partial charge in [-0.05, 0) is 30.4 Å². The first-order chi connectivity index (χ1) is 9.54. The summed E-state index contributed by atoms with van der Waals surface area (Å²) in [5.41, 5.74) is 6.05. The molecule has 1 aromatic rings. The average molecular weight is 296 g/mol. The van der Waals surface area contributed by atoms with E-state index in [0.717, 1.165) is 18.3 Å². The normalized spacial score (nSPS) is 22.5. The largest absolute Gasteiger partial charge is 0.384 e. The minimum atomic E-state index is -0.134. The van der Waals surface area contributed by atoms with Gasteiger partial charge in [-0.25, -0.2) is 4.98 Å². The molecule has 110 valence electrons. The van der Waals surface area contributed by atoms with Crippen molar-refractivity contribution in [1.82, 2.24) is 10.3 Å². The first kappa shape index (κ1) is 15.1. The molecule has 0 aliphatic heterocycles. The van der Waals surface area contributed by atoms with E-state index in [4.69, 9.17) is 17.3 Å². The highest BCUT2D eigenvalue weighted by atomic mass is 35.5. The zero-order valence-corrected chi connectivity index (χ0v) is 12.6. The van der Waals surface area contributed by atoms with Gasteiger partial charge in [-0.15, -0.1) is 0 Å². The van der Waals surface area contributed by atoms with Crippen molar-refractivity contribution in [3.63, 3.8) is 0 Å². The number of carbonyl (C=O) groups excluding carboxylic acids is 1. The number of pyridine rings is 1. The molecule has 1 aliphatic rings. The molecule has 0 spiro atoms. The zero-order valence-electron chi connectivity index (χ0n) is 11.9. The maximum Gasteiger partial charge on any atom is 0.251 e. The number of rotatable bonds is 4. The van der Waals surface area contributed by atoms with Gasteiger partial charge in [0.25, 0.3) is 5.91 Å². The Balaban J connectivity index is 1.77. The Kier molecular flexibility index (Phi) is 5.24. The molecule has 20 heavy (non-hydrogen) atoms. The van der Waals surface area contributed by atoms with Crippen molar-refractivity contribution in [2.24, 2.45) is 11.8 Å². The third-order valence-electron chi connectivity index (χ3n) is 4.05. The number of halogens is 1. The van der Waals surface area contributed by atoms with Crippen LogP contribution in [0.1, 0.15) is 49.4 Å². The van der Waals surface area contributed by atoms with Crippen LogP contribution in [0.15, 0.2) is 12.1 Å². The van der Waals surface area contributed by atoms with Crippen LogP contribution in [-0.4, -0.2) is 17.4 Å². The number of amides is 1. The van der Waals surface area contributed by atoms with Gasteiger partial charge < -0.3 is 11.1 Å². The number of nitrogen functional groups attached to an aromatic ring is 1. The van der Waals surface area contributed by atoms with Crippen molar-refractivity contribution in [2.45, 2.75) is 39.0 Å². The Bertz CT molecular complexity index is 450. The van der Waals surface area contributed by atoms with E-state index in [1.165, 1.54) is 31.7 Å². The van der Waals surface area contributed by atoms with Crippen molar-refractivity contribution in [1.29, 1.82) is 0 Å². The molecule has 1 saturated carbocycles. The number of hydrogen-bond acceptors (Lipinski definition) is 3. The topological polar surface area (TPSA) is 68.0 Å². The van der Waals surface area contributed by atoms with Crippen LogP contribution in [0.4, 0.5) is 5.82 Å². The molecule has 1 aromatic heterocycles. The maximum atomic E-state index is 12.0. The minimum absolute atomic E-state index is 0.134. The number of anilines is 1. The second-order valence-corrected chi connectivity index (χ2v) is 6.16. The lowest BCUT2D eigenvalue weighted by molar-refractivity contribution is 0.0949. The lowest BCUT2D eigenvalue weighted by Crippen LogP contribution is -2.27. The minimum Gasteiger partial charge on any atom is -0.384 e. The van der Waals surface area contributed by atoms with E-state index in [2.05, 4.69) is 17.2 Å². The van der Waals surface area contributed by atoms with Crippen LogP contribution >= 0.6 is 11.6 Å². The number of aromatic nitrogens is 1. The average Bonchev–Trinajstić information content (AvgIpc) is 2.40. The third-order valence-corrected chi connectivity index (χ3v) is 4.24. The van der Waals surface area contributed by atoms with Gasteiger partial charge in [0.15, 0.2) is 0 Å². The molecule has 3 N–H and O–H groups in total. The Morgan fingerprint density at radius 2 is 2.10 bits per heavy atom. The Labute approximate surface area is 125 Å². The van der Waals surface area contributed by atoms with E-state index in [0.29, 0.717) is 12.1 Å². The van der Waals surface area contributed by atoms with Crippen LogP contribution in [0.25, 0.3) is 0 Å². The van der Waals surface area contributed by atoms with Gasteiger partial charge in [-0.2, -0.15) is 0 Å². The quantitative estimate of drug-likeness (QED) is 0.838. The first-order valence-electron chi connectivity index (χ1n) is 7.26. The van der Waals surface area contributed by atoms with Gasteiger partial charge in [-0.3, -0.25) is 4.79 Å². The molecule has 0 atom stereocenters. The molecule has 0 aromatic carbocycles. The summed E-state index contributed by atoms with van der Waals surface area (Å²) in [4.78, 5) is 15.8. The molecule has 4 nitrogen and oxygen atoms in total. The summed E-state index contributed by atoms with van der Waals surface area (Å²) in [6.45, 7) is 3.02. The Hall–Kier alpha value is -1.29. The molecular weight excluding hydrogens is 274 g/mol. The summed E-state index contributed by atoms with van der Waals surface area (Å²) < 4.78 is 0. The van der Waals surface area contributed by atoms with Gasteiger partial charge in [0.2, 0.25) is 0 Å². The molecule has 1 heterocycles. The zero-order chi connectivity index (χ0) is 14.5. The monoisotopic (exact) mass is 295 g/mol. The van der Waals surface area contributed by atoms with Crippen LogP contribution in [0.5, 0.6) is 0 Å². The van der Waals surface area contributed by atoms with E-state index in [1.54, 1.807) is 6.07 Å². The Morgan fingerprint density at radius 3 is 2.75 bits per heavy atom. The van der Waals surface area contributed by atoms with Crippen molar-refractivity contribution in [3.05, 3.63) is 22.8 Å². The summed E-state index contributed by atoms with van der Waals surface area (Å²) in [6.07, 6.45) is 6.24. The molecule has 2 rings (SSSR count). The van der Waals surface area contributed by atoms with Crippen molar-refractivity contribution in [2.75, 3.05) is 12.3 Å². The number of nitrogens with one attached hydrogen (secondary N) is 1. The highest BCUT2D eigenvalue weighted by molar-refractivity contribution is 6.29. The molecule has 0 unspecified atom stereocenters. The highest BCUT2D eigenvalue weighted by Gasteiger charge is 2.18. The van der Waals surface area contributed by atoms with Crippen molar-refractivity contribution >= 4 is 23.3 Å². The molecule has 0 radical (unpaired) electrons. The summed E-state index contributed by atoms with van der Waals surface area (Å²) >= 11 is 5.79. The van der Waals surface area contributed by atoms with Gasteiger partial charge in [-0.1, -0.05) is 44.2 Å². The highest BCUT2D eigenvalue weighted by Crippen LogP contribution is 2.29. The lowest BCUT2D eigenvalue weighted by atomic mass is 9.81. The number of carbonyl (C=O) groups is 1. The molecule has 0 saturated heterocycles. The molecule has 1 aliphatic carbocycles. The van der Waals surface area contributed by atoms with Crippen LogP contribution in [0.2, 0.25) is 5.15 Å². The Morgan fingerprint density at radius 1 is 1.40 bits per heavy atom. The van der Waals surface area contributed by atoms with E-state index < -0.39 is 0 Å².